The summed E-state index contributed by atoms with van der Waals surface area (Å²) in [6.45, 7) is 9.16. The zero-order chi connectivity index (χ0) is 19.8. The smallest absolute Gasteiger partial charge is 0.184 e. The first-order valence-electron chi connectivity index (χ1n) is 10.3. The maximum atomic E-state index is 6.73. The Kier molecular flexibility index (Phi) is 4.84. The molecule has 4 rings (SSSR count). The van der Waals surface area contributed by atoms with E-state index in [1.165, 1.54) is 5.39 Å². The van der Waals surface area contributed by atoms with Crippen molar-refractivity contribution in [2.24, 2.45) is 0 Å². The fraction of sp³-hybridized carbons (Fsp3) is 0.440. The molecule has 2 aliphatic rings. The minimum atomic E-state index is -0.521. The fourth-order valence-corrected chi connectivity index (χ4v) is 5.06. The molecule has 1 saturated heterocycles. The second-order valence-corrected chi connectivity index (χ2v) is 9.60. The number of allylic oxidation sites excluding steroid dienone is 2. The van der Waals surface area contributed by atoms with Gasteiger partial charge in [-0.3, -0.25) is 5.32 Å². The van der Waals surface area contributed by atoms with Gasteiger partial charge in [-0.15, -0.1) is 0 Å². The molecular weight excluding hydrogens is 344 g/mol. The SMILES string of the molecule is CC1(C)CC(NC2(Oc3cccc4ccccc34)C=CC=CC2)CC(C)(C)N1. The van der Waals surface area contributed by atoms with Crippen LogP contribution in [0.1, 0.15) is 47.0 Å². The van der Waals surface area contributed by atoms with Gasteiger partial charge in [0.15, 0.2) is 5.72 Å². The molecule has 0 radical (unpaired) electrons. The molecule has 1 fully saturated rings. The summed E-state index contributed by atoms with van der Waals surface area (Å²) in [6.07, 6.45) is 11.5. The van der Waals surface area contributed by atoms with Crippen molar-refractivity contribution in [3.05, 3.63) is 66.8 Å². The molecule has 0 saturated carbocycles. The van der Waals surface area contributed by atoms with Gasteiger partial charge in [-0.05, 0) is 58.1 Å². The number of hydrogen-bond donors (Lipinski definition) is 2. The molecule has 1 aliphatic heterocycles. The number of nitrogens with one attached hydrogen (secondary N) is 2. The van der Waals surface area contributed by atoms with E-state index in [0.717, 1.165) is 30.4 Å². The molecule has 3 nitrogen and oxygen atoms in total. The molecular formula is C25H32N2O. The first-order chi connectivity index (χ1) is 13.3. The minimum absolute atomic E-state index is 0.0915. The van der Waals surface area contributed by atoms with E-state index in [4.69, 9.17) is 4.74 Å². The van der Waals surface area contributed by atoms with E-state index < -0.39 is 5.72 Å². The number of benzene rings is 2. The second-order valence-electron chi connectivity index (χ2n) is 9.60. The molecule has 1 aliphatic carbocycles. The molecule has 0 amide bonds. The lowest BCUT2D eigenvalue weighted by Gasteiger charge is -2.49. The normalized spacial score (nSPS) is 26.4. The molecule has 1 heterocycles. The highest BCUT2D eigenvalue weighted by atomic mass is 16.5. The van der Waals surface area contributed by atoms with Crippen LogP contribution in [0, 0.1) is 0 Å². The lowest BCUT2D eigenvalue weighted by molar-refractivity contribution is 0.0421. The Morgan fingerprint density at radius 3 is 2.36 bits per heavy atom. The molecule has 2 aromatic carbocycles. The fourth-order valence-electron chi connectivity index (χ4n) is 5.06. The van der Waals surface area contributed by atoms with E-state index in [9.17, 15) is 0 Å². The van der Waals surface area contributed by atoms with Gasteiger partial charge < -0.3 is 10.1 Å². The lowest BCUT2D eigenvalue weighted by atomic mass is 9.79. The predicted molar refractivity (Wildman–Crippen MR) is 118 cm³/mol. The van der Waals surface area contributed by atoms with Crippen molar-refractivity contribution in [2.45, 2.75) is 69.8 Å². The third-order valence-corrected chi connectivity index (χ3v) is 5.71. The van der Waals surface area contributed by atoms with Crippen LogP contribution < -0.4 is 15.4 Å². The van der Waals surface area contributed by atoms with Gasteiger partial charge in [0.1, 0.15) is 5.75 Å². The summed E-state index contributed by atoms with van der Waals surface area (Å²) in [7, 11) is 0. The van der Waals surface area contributed by atoms with Gasteiger partial charge in [0.2, 0.25) is 0 Å². The summed E-state index contributed by atoms with van der Waals surface area (Å²) in [5.74, 6) is 0.929. The van der Waals surface area contributed by atoms with Crippen molar-refractivity contribution < 1.29 is 4.74 Å². The van der Waals surface area contributed by atoms with Crippen LogP contribution in [-0.4, -0.2) is 22.8 Å². The van der Waals surface area contributed by atoms with Gasteiger partial charge in [-0.25, -0.2) is 0 Å². The van der Waals surface area contributed by atoms with Gasteiger partial charge in [-0.2, -0.15) is 0 Å². The quantitative estimate of drug-likeness (QED) is 0.708. The Balaban J connectivity index is 1.64. The summed E-state index contributed by atoms with van der Waals surface area (Å²) < 4.78 is 6.73. The van der Waals surface area contributed by atoms with Crippen LogP contribution in [0.25, 0.3) is 10.8 Å². The van der Waals surface area contributed by atoms with Crippen LogP contribution in [-0.2, 0) is 0 Å². The summed E-state index contributed by atoms with van der Waals surface area (Å²) in [6, 6.07) is 15.1. The molecule has 1 atom stereocenters. The molecule has 2 N–H and O–H groups in total. The number of piperidine rings is 1. The van der Waals surface area contributed by atoms with E-state index in [0.29, 0.717) is 6.04 Å². The maximum absolute atomic E-state index is 6.73. The summed E-state index contributed by atoms with van der Waals surface area (Å²) >= 11 is 0. The summed E-state index contributed by atoms with van der Waals surface area (Å²) in [5.41, 5.74) is -0.338. The molecule has 2 aromatic rings. The standard InChI is InChI=1S/C25H32N2O/c1-23(2)17-20(18-24(3,4)27-23)26-25(15-8-5-9-16-25)28-22-14-10-12-19-11-6-7-13-21(19)22/h5-15,20,26-27H,16-18H2,1-4H3. The second kappa shape index (κ2) is 7.06. The lowest BCUT2D eigenvalue weighted by Crippen LogP contribution is -2.65. The van der Waals surface area contributed by atoms with Crippen LogP contribution in [0.4, 0.5) is 0 Å². The van der Waals surface area contributed by atoms with Gasteiger partial charge in [0.05, 0.1) is 0 Å². The van der Waals surface area contributed by atoms with Gasteiger partial charge in [0.25, 0.3) is 0 Å². The molecule has 148 valence electrons. The predicted octanol–water partition coefficient (Wildman–Crippen LogP) is 5.33. The Morgan fingerprint density at radius 2 is 1.64 bits per heavy atom. The van der Waals surface area contributed by atoms with Crippen molar-refractivity contribution in [1.29, 1.82) is 0 Å². The highest BCUT2D eigenvalue weighted by Crippen LogP contribution is 2.34. The number of ether oxygens (including phenoxy) is 1. The average molecular weight is 377 g/mol. The maximum Gasteiger partial charge on any atom is 0.184 e. The van der Waals surface area contributed by atoms with Crippen molar-refractivity contribution in [1.82, 2.24) is 10.6 Å². The summed E-state index contributed by atoms with van der Waals surface area (Å²) in [4.78, 5) is 0. The van der Waals surface area contributed by atoms with Gasteiger partial charge in [-0.1, -0.05) is 54.6 Å². The number of fused-ring (bicyclic) bond motifs is 1. The third kappa shape index (κ3) is 4.16. The number of hydrogen-bond acceptors (Lipinski definition) is 3. The van der Waals surface area contributed by atoms with Crippen molar-refractivity contribution >= 4 is 10.8 Å². The molecule has 1 unspecified atom stereocenters. The van der Waals surface area contributed by atoms with E-state index in [-0.39, 0.29) is 11.1 Å². The van der Waals surface area contributed by atoms with Crippen molar-refractivity contribution in [2.75, 3.05) is 0 Å². The monoisotopic (exact) mass is 376 g/mol. The largest absolute Gasteiger partial charge is 0.468 e. The molecule has 0 aromatic heterocycles. The average Bonchev–Trinajstić information content (AvgIpc) is 2.60. The van der Waals surface area contributed by atoms with E-state index >= 15 is 0 Å². The topological polar surface area (TPSA) is 33.3 Å². The Morgan fingerprint density at radius 1 is 0.929 bits per heavy atom. The molecule has 0 spiro atoms. The van der Waals surface area contributed by atoms with Crippen LogP contribution in [0.15, 0.2) is 66.8 Å². The van der Waals surface area contributed by atoms with Crippen molar-refractivity contribution in [3.8, 4) is 5.75 Å². The van der Waals surface area contributed by atoms with E-state index in [1.54, 1.807) is 0 Å². The van der Waals surface area contributed by atoms with Crippen LogP contribution in [0.3, 0.4) is 0 Å². The number of rotatable bonds is 4. The van der Waals surface area contributed by atoms with Gasteiger partial charge in [0, 0.05) is 28.9 Å². The molecule has 28 heavy (non-hydrogen) atoms. The van der Waals surface area contributed by atoms with E-state index in [2.05, 4.69) is 105 Å². The summed E-state index contributed by atoms with van der Waals surface area (Å²) in [5, 5.41) is 10.0. The Bertz CT molecular complexity index is 890. The Labute approximate surface area is 168 Å². The highest BCUT2D eigenvalue weighted by Gasteiger charge is 2.41. The van der Waals surface area contributed by atoms with Crippen molar-refractivity contribution in [3.63, 3.8) is 0 Å². The van der Waals surface area contributed by atoms with Gasteiger partial charge >= 0.3 is 0 Å². The zero-order valence-electron chi connectivity index (χ0n) is 17.5. The minimum Gasteiger partial charge on any atom is -0.468 e. The third-order valence-electron chi connectivity index (χ3n) is 5.71. The first kappa shape index (κ1) is 19.2. The first-order valence-corrected chi connectivity index (χ1v) is 10.3. The highest BCUT2D eigenvalue weighted by molar-refractivity contribution is 5.88. The van der Waals surface area contributed by atoms with Crippen LogP contribution in [0.2, 0.25) is 0 Å². The Hall–Kier alpha value is -2.10. The van der Waals surface area contributed by atoms with E-state index in [1.807, 2.05) is 0 Å². The van der Waals surface area contributed by atoms with Crippen LogP contribution >= 0.6 is 0 Å². The zero-order valence-corrected chi connectivity index (χ0v) is 17.5. The molecule has 0 bridgehead atoms. The van der Waals surface area contributed by atoms with Crippen LogP contribution in [0.5, 0.6) is 5.75 Å². The molecule has 3 heteroatoms.